The summed E-state index contributed by atoms with van der Waals surface area (Å²) in [6.45, 7) is 4.27. The highest BCUT2D eigenvalue weighted by Crippen LogP contribution is 2.17. The molecule has 2 saturated heterocycles. The molecule has 1 N–H and O–H groups in total. The van der Waals surface area contributed by atoms with Crippen molar-refractivity contribution in [2.75, 3.05) is 40.3 Å². The number of nitrogens with one attached hydrogen (secondary N) is 1. The lowest BCUT2D eigenvalue weighted by Gasteiger charge is -2.33. The molecule has 2 aliphatic rings. The first-order valence-corrected chi connectivity index (χ1v) is 7.33. The Hall–Kier alpha value is -0.610. The maximum absolute atomic E-state index is 12.2. The lowest BCUT2D eigenvalue weighted by Crippen LogP contribution is -2.49. The molecule has 0 aromatic rings. The lowest BCUT2D eigenvalue weighted by atomic mass is 9.96. The Morgan fingerprint density at radius 3 is 2.50 bits per heavy atom. The molecule has 0 aromatic carbocycles. The third kappa shape index (κ3) is 3.69. The van der Waals surface area contributed by atoms with Crippen LogP contribution in [0.15, 0.2) is 0 Å². The zero-order valence-corrected chi connectivity index (χ0v) is 11.8. The largest absolute Gasteiger partial charge is 0.354 e. The molecule has 0 bridgehead atoms. The van der Waals surface area contributed by atoms with E-state index in [1.54, 1.807) is 0 Å². The molecule has 2 heterocycles. The highest BCUT2D eigenvalue weighted by Gasteiger charge is 2.26. The van der Waals surface area contributed by atoms with Gasteiger partial charge in [0.05, 0.1) is 6.04 Å². The van der Waals surface area contributed by atoms with Gasteiger partial charge in [0.2, 0.25) is 5.91 Å². The van der Waals surface area contributed by atoms with Gasteiger partial charge in [0.15, 0.2) is 0 Å². The third-order valence-electron chi connectivity index (χ3n) is 4.48. The highest BCUT2D eigenvalue weighted by molar-refractivity contribution is 5.81. The fourth-order valence-electron chi connectivity index (χ4n) is 3.04. The van der Waals surface area contributed by atoms with Crippen molar-refractivity contribution in [3.63, 3.8) is 0 Å². The van der Waals surface area contributed by atoms with Crippen molar-refractivity contribution in [2.45, 2.75) is 38.1 Å². The Morgan fingerprint density at radius 1 is 1.11 bits per heavy atom. The number of hydrogen-bond acceptors (Lipinski definition) is 3. The van der Waals surface area contributed by atoms with Crippen LogP contribution in [0.3, 0.4) is 0 Å². The number of hydrogen-bond donors (Lipinski definition) is 1. The molecule has 1 atom stereocenters. The summed E-state index contributed by atoms with van der Waals surface area (Å²) >= 11 is 0. The van der Waals surface area contributed by atoms with E-state index in [1.807, 2.05) is 0 Å². The van der Waals surface area contributed by atoms with Crippen molar-refractivity contribution in [3.05, 3.63) is 0 Å². The molecule has 2 fully saturated rings. The Labute approximate surface area is 111 Å². The number of likely N-dealkylation sites (N-methyl/N-ethyl adjacent to an activating group) is 1. The molecule has 0 saturated carbocycles. The number of carbonyl (C=O) groups is 1. The van der Waals surface area contributed by atoms with E-state index in [0.717, 1.165) is 19.5 Å². The summed E-state index contributed by atoms with van der Waals surface area (Å²) in [5.41, 5.74) is 0. The minimum absolute atomic E-state index is 0.116. The number of amides is 1. The molecule has 0 spiro atoms. The van der Waals surface area contributed by atoms with Crippen molar-refractivity contribution in [1.29, 1.82) is 0 Å². The number of rotatable bonds is 3. The number of piperidine rings is 2. The number of carbonyl (C=O) groups excluding carboxylic acids is 1. The first kappa shape index (κ1) is 13.8. The van der Waals surface area contributed by atoms with E-state index in [-0.39, 0.29) is 11.9 Å². The van der Waals surface area contributed by atoms with Gasteiger partial charge in [-0.2, -0.15) is 0 Å². The number of nitrogens with zero attached hydrogens (tertiary/aromatic N) is 2. The van der Waals surface area contributed by atoms with Gasteiger partial charge in [0.1, 0.15) is 0 Å². The summed E-state index contributed by atoms with van der Waals surface area (Å²) in [6.07, 6.45) is 5.89. The SMILES string of the molecule is CN1CCC(CNC(=O)C2CCCCN2C)CC1. The van der Waals surface area contributed by atoms with Gasteiger partial charge in [-0.15, -0.1) is 0 Å². The minimum atomic E-state index is 0.116. The van der Waals surface area contributed by atoms with Crippen molar-refractivity contribution in [3.8, 4) is 0 Å². The summed E-state index contributed by atoms with van der Waals surface area (Å²) < 4.78 is 0. The molecule has 2 aliphatic heterocycles. The van der Waals surface area contributed by atoms with E-state index < -0.39 is 0 Å². The maximum atomic E-state index is 12.2. The van der Waals surface area contributed by atoms with Crippen LogP contribution in [-0.2, 0) is 4.79 Å². The predicted molar refractivity (Wildman–Crippen MR) is 73.5 cm³/mol. The molecule has 4 nitrogen and oxygen atoms in total. The molecular weight excluding hydrogens is 226 g/mol. The molecule has 4 heteroatoms. The van der Waals surface area contributed by atoms with Crippen LogP contribution in [0, 0.1) is 5.92 Å². The second-order valence-electron chi connectivity index (χ2n) is 5.98. The van der Waals surface area contributed by atoms with Gasteiger partial charge in [0.25, 0.3) is 0 Å². The van der Waals surface area contributed by atoms with Crippen LogP contribution in [-0.4, -0.2) is 62.0 Å². The average Bonchev–Trinajstić information content (AvgIpc) is 2.38. The van der Waals surface area contributed by atoms with Gasteiger partial charge < -0.3 is 10.2 Å². The Morgan fingerprint density at radius 2 is 1.83 bits per heavy atom. The standard InChI is InChI=1S/C14H27N3O/c1-16-9-6-12(7-10-16)11-15-14(18)13-5-3-4-8-17(13)2/h12-13H,3-11H2,1-2H3,(H,15,18). The minimum Gasteiger partial charge on any atom is -0.354 e. The Bertz CT molecular complexity index is 274. The van der Waals surface area contributed by atoms with Crippen LogP contribution in [0.25, 0.3) is 0 Å². The Balaban J connectivity index is 1.71. The van der Waals surface area contributed by atoms with Gasteiger partial charge in [-0.25, -0.2) is 0 Å². The molecule has 1 unspecified atom stereocenters. The molecule has 18 heavy (non-hydrogen) atoms. The van der Waals surface area contributed by atoms with E-state index in [9.17, 15) is 4.79 Å². The molecule has 0 radical (unpaired) electrons. The quantitative estimate of drug-likeness (QED) is 0.813. The zero-order chi connectivity index (χ0) is 13.0. The lowest BCUT2D eigenvalue weighted by molar-refractivity contribution is -0.127. The van der Waals surface area contributed by atoms with Crippen molar-refractivity contribution < 1.29 is 4.79 Å². The average molecular weight is 253 g/mol. The first-order chi connectivity index (χ1) is 8.66. The second kappa shape index (κ2) is 6.53. The van der Waals surface area contributed by atoms with Gasteiger partial charge in [-0.1, -0.05) is 6.42 Å². The normalized spacial score (nSPS) is 28.2. The summed E-state index contributed by atoms with van der Waals surface area (Å²) in [5.74, 6) is 0.926. The molecule has 104 valence electrons. The van der Waals surface area contributed by atoms with Crippen LogP contribution in [0.2, 0.25) is 0 Å². The van der Waals surface area contributed by atoms with Crippen molar-refractivity contribution in [1.82, 2.24) is 15.1 Å². The van der Waals surface area contributed by atoms with E-state index in [0.29, 0.717) is 5.92 Å². The topological polar surface area (TPSA) is 35.6 Å². The van der Waals surface area contributed by atoms with Gasteiger partial charge in [-0.05, 0) is 65.3 Å². The van der Waals surface area contributed by atoms with E-state index in [2.05, 4.69) is 29.2 Å². The molecule has 0 aromatic heterocycles. The van der Waals surface area contributed by atoms with E-state index in [1.165, 1.54) is 38.8 Å². The van der Waals surface area contributed by atoms with Gasteiger partial charge in [0, 0.05) is 6.54 Å². The summed E-state index contributed by atoms with van der Waals surface area (Å²) in [5, 5.41) is 3.17. The maximum Gasteiger partial charge on any atom is 0.237 e. The van der Waals surface area contributed by atoms with Crippen LogP contribution in [0.4, 0.5) is 0 Å². The monoisotopic (exact) mass is 253 g/mol. The molecule has 0 aliphatic carbocycles. The van der Waals surface area contributed by atoms with Crippen LogP contribution >= 0.6 is 0 Å². The van der Waals surface area contributed by atoms with Gasteiger partial charge >= 0.3 is 0 Å². The smallest absolute Gasteiger partial charge is 0.237 e. The van der Waals surface area contributed by atoms with Crippen LogP contribution in [0.5, 0.6) is 0 Å². The van der Waals surface area contributed by atoms with E-state index in [4.69, 9.17) is 0 Å². The molecular formula is C14H27N3O. The van der Waals surface area contributed by atoms with Crippen molar-refractivity contribution >= 4 is 5.91 Å². The fraction of sp³-hybridized carbons (Fsp3) is 0.929. The highest BCUT2D eigenvalue weighted by atomic mass is 16.2. The summed E-state index contributed by atoms with van der Waals surface area (Å²) in [7, 11) is 4.24. The first-order valence-electron chi connectivity index (χ1n) is 7.33. The molecule has 1 amide bonds. The second-order valence-corrected chi connectivity index (χ2v) is 5.98. The third-order valence-corrected chi connectivity index (χ3v) is 4.48. The van der Waals surface area contributed by atoms with Crippen molar-refractivity contribution in [2.24, 2.45) is 5.92 Å². The van der Waals surface area contributed by atoms with Crippen LogP contribution < -0.4 is 5.32 Å². The molecule has 2 rings (SSSR count). The van der Waals surface area contributed by atoms with Gasteiger partial charge in [-0.3, -0.25) is 9.69 Å². The Kier molecular flexibility index (Phi) is 5.01. The number of likely N-dealkylation sites (tertiary alicyclic amines) is 2. The summed E-state index contributed by atoms with van der Waals surface area (Å²) in [6, 6.07) is 0.116. The predicted octanol–water partition coefficient (Wildman–Crippen LogP) is 0.929. The zero-order valence-electron chi connectivity index (χ0n) is 11.8. The van der Waals surface area contributed by atoms with Crippen LogP contribution in [0.1, 0.15) is 32.1 Å². The summed E-state index contributed by atoms with van der Waals surface area (Å²) in [4.78, 5) is 16.7. The fourth-order valence-corrected chi connectivity index (χ4v) is 3.04. The van der Waals surface area contributed by atoms with E-state index >= 15 is 0 Å².